The van der Waals surface area contributed by atoms with E-state index in [0.717, 1.165) is 25.9 Å². The van der Waals surface area contributed by atoms with Gasteiger partial charge in [-0.3, -0.25) is 4.79 Å². The summed E-state index contributed by atoms with van der Waals surface area (Å²) in [5.74, 6) is -0.918. The van der Waals surface area contributed by atoms with Gasteiger partial charge in [0.05, 0.1) is 17.7 Å². The van der Waals surface area contributed by atoms with Crippen molar-refractivity contribution >= 4 is 11.9 Å². The van der Waals surface area contributed by atoms with E-state index in [1.54, 1.807) is 0 Å². The van der Waals surface area contributed by atoms with Gasteiger partial charge in [0, 0.05) is 19.6 Å². The third-order valence-electron chi connectivity index (χ3n) is 4.37. The van der Waals surface area contributed by atoms with E-state index < -0.39 is 5.97 Å². The topological polar surface area (TPSA) is 100 Å². The maximum Gasteiger partial charge on any atom is 0.358 e. The van der Waals surface area contributed by atoms with Crippen LogP contribution in [0.25, 0.3) is 0 Å². The first kappa shape index (κ1) is 14.0. The standard InChI is InChI=1S/C13H19N5O3/c1-13(3-2-4-14-8-13)12(21)17-5-9(6-17)18-7-10(11(19)20)15-16-18/h7,9,14H,2-6,8H2,1H3,(H,19,20). The maximum atomic E-state index is 12.5. The number of nitrogens with one attached hydrogen (secondary N) is 1. The lowest BCUT2D eigenvalue weighted by Gasteiger charge is -2.45. The fraction of sp³-hybridized carbons (Fsp3) is 0.692. The van der Waals surface area contributed by atoms with Gasteiger partial charge in [-0.2, -0.15) is 0 Å². The Labute approximate surface area is 122 Å². The summed E-state index contributed by atoms with van der Waals surface area (Å²) in [5.41, 5.74) is -0.388. The first-order valence-electron chi connectivity index (χ1n) is 7.15. The van der Waals surface area contributed by atoms with Crippen molar-refractivity contribution in [3.8, 4) is 0 Å². The molecule has 8 heteroatoms. The third kappa shape index (κ3) is 2.51. The molecule has 2 aliphatic heterocycles. The Hall–Kier alpha value is -1.96. The lowest BCUT2D eigenvalue weighted by molar-refractivity contribution is -0.148. The molecule has 3 heterocycles. The van der Waals surface area contributed by atoms with Crippen LogP contribution in [0.1, 0.15) is 36.3 Å². The molecule has 21 heavy (non-hydrogen) atoms. The number of piperidine rings is 1. The highest BCUT2D eigenvalue weighted by molar-refractivity contribution is 5.85. The number of carbonyl (C=O) groups is 2. The molecule has 0 aliphatic carbocycles. The molecule has 2 aliphatic rings. The van der Waals surface area contributed by atoms with Gasteiger partial charge in [-0.15, -0.1) is 5.10 Å². The highest BCUT2D eigenvalue weighted by Crippen LogP contribution is 2.32. The van der Waals surface area contributed by atoms with Crippen LogP contribution in [0.2, 0.25) is 0 Å². The summed E-state index contributed by atoms with van der Waals surface area (Å²) in [5, 5.41) is 19.5. The summed E-state index contributed by atoms with van der Waals surface area (Å²) in [6.07, 6.45) is 3.34. The van der Waals surface area contributed by atoms with Gasteiger partial charge < -0.3 is 15.3 Å². The summed E-state index contributed by atoms with van der Waals surface area (Å²) in [6.45, 7) is 4.84. The average molecular weight is 293 g/mol. The SMILES string of the molecule is CC1(C(=O)N2CC(n3cc(C(=O)O)nn3)C2)CCCNC1. The number of likely N-dealkylation sites (tertiary alicyclic amines) is 1. The number of amides is 1. The molecule has 0 bridgehead atoms. The van der Waals surface area contributed by atoms with Crippen LogP contribution in [-0.4, -0.2) is 63.1 Å². The van der Waals surface area contributed by atoms with Crippen LogP contribution in [-0.2, 0) is 4.79 Å². The number of carbonyl (C=O) groups excluding carboxylic acids is 1. The molecule has 114 valence electrons. The molecule has 8 nitrogen and oxygen atoms in total. The normalized spacial score (nSPS) is 26.4. The molecule has 2 fully saturated rings. The number of hydrogen-bond acceptors (Lipinski definition) is 5. The van der Waals surface area contributed by atoms with Crippen molar-refractivity contribution in [3.63, 3.8) is 0 Å². The summed E-state index contributed by atoms with van der Waals surface area (Å²) < 4.78 is 1.54. The second-order valence-corrected chi connectivity index (χ2v) is 6.09. The van der Waals surface area contributed by atoms with Gasteiger partial charge in [-0.25, -0.2) is 9.48 Å². The van der Waals surface area contributed by atoms with E-state index in [1.807, 2.05) is 11.8 Å². The molecule has 0 aromatic carbocycles. The number of rotatable bonds is 3. The van der Waals surface area contributed by atoms with Gasteiger partial charge in [0.2, 0.25) is 5.91 Å². The Kier molecular flexibility index (Phi) is 3.40. The Morgan fingerprint density at radius 2 is 2.24 bits per heavy atom. The third-order valence-corrected chi connectivity index (χ3v) is 4.37. The van der Waals surface area contributed by atoms with Crippen LogP contribution in [0.3, 0.4) is 0 Å². The van der Waals surface area contributed by atoms with Crippen LogP contribution in [0, 0.1) is 5.41 Å². The minimum absolute atomic E-state index is 0.0229. The second-order valence-electron chi connectivity index (χ2n) is 6.09. The van der Waals surface area contributed by atoms with Crippen LogP contribution in [0.5, 0.6) is 0 Å². The van der Waals surface area contributed by atoms with Crippen LogP contribution < -0.4 is 5.32 Å². The van der Waals surface area contributed by atoms with Crippen LogP contribution in [0.4, 0.5) is 0 Å². The van der Waals surface area contributed by atoms with Crippen molar-refractivity contribution in [3.05, 3.63) is 11.9 Å². The van der Waals surface area contributed by atoms with E-state index in [9.17, 15) is 9.59 Å². The smallest absolute Gasteiger partial charge is 0.358 e. The first-order valence-corrected chi connectivity index (χ1v) is 7.15. The molecule has 0 saturated carbocycles. The number of carboxylic acids is 1. The van der Waals surface area contributed by atoms with Crippen molar-refractivity contribution < 1.29 is 14.7 Å². The average Bonchev–Trinajstić information content (AvgIpc) is 2.87. The number of nitrogens with zero attached hydrogens (tertiary/aromatic N) is 4. The molecular weight excluding hydrogens is 274 g/mol. The number of hydrogen-bond donors (Lipinski definition) is 2. The molecular formula is C13H19N5O3. The fourth-order valence-electron chi connectivity index (χ4n) is 2.96. The highest BCUT2D eigenvalue weighted by Gasteiger charge is 2.43. The van der Waals surface area contributed by atoms with E-state index in [-0.39, 0.29) is 23.1 Å². The Morgan fingerprint density at radius 3 is 2.81 bits per heavy atom. The Balaban J connectivity index is 1.59. The van der Waals surface area contributed by atoms with Crippen molar-refractivity contribution in [2.75, 3.05) is 26.2 Å². The van der Waals surface area contributed by atoms with E-state index in [2.05, 4.69) is 15.6 Å². The molecule has 1 aromatic rings. The molecule has 2 saturated heterocycles. The maximum absolute atomic E-state index is 12.5. The van der Waals surface area contributed by atoms with Crippen molar-refractivity contribution in [2.24, 2.45) is 5.41 Å². The van der Waals surface area contributed by atoms with Gasteiger partial charge in [0.25, 0.3) is 0 Å². The first-order chi connectivity index (χ1) is 9.99. The van der Waals surface area contributed by atoms with E-state index in [4.69, 9.17) is 5.11 Å². The lowest BCUT2D eigenvalue weighted by Crippen LogP contribution is -2.58. The summed E-state index contributed by atoms with van der Waals surface area (Å²) in [7, 11) is 0. The van der Waals surface area contributed by atoms with Crippen molar-refractivity contribution in [1.29, 1.82) is 0 Å². The molecule has 1 aromatic heterocycles. The lowest BCUT2D eigenvalue weighted by atomic mass is 9.80. The summed E-state index contributed by atoms with van der Waals surface area (Å²) in [4.78, 5) is 25.1. The summed E-state index contributed by atoms with van der Waals surface area (Å²) >= 11 is 0. The number of aromatic carboxylic acids is 1. The number of aromatic nitrogens is 3. The van der Waals surface area contributed by atoms with Gasteiger partial charge >= 0.3 is 5.97 Å². The van der Waals surface area contributed by atoms with Gasteiger partial charge in [0.1, 0.15) is 0 Å². The van der Waals surface area contributed by atoms with E-state index in [1.165, 1.54) is 10.9 Å². The molecule has 1 atom stereocenters. The van der Waals surface area contributed by atoms with Crippen molar-refractivity contribution in [1.82, 2.24) is 25.2 Å². The zero-order valence-corrected chi connectivity index (χ0v) is 11.9. The predicted molar refractivity (Wildman–Crippen MR) is 72.8 cm³/mol. The zero-order valence-electron chi connectivity index (χ0n) is 11.9. The Bertz CT molecular complexity index is 558. The van der Waals surface area contributed by atoms with Gasteiger partial charge in [-0.1, -0.05) is 5.21 Å². The van der Waals surface area contributed by atoms with Gasteiger partial charge in [-0.05, 0) is 26.3 Å². The second kappa shape index (κ2) is 5.10. The molecule has 2 N–H and O–H groups in total. The number of carboxylic acid groups (broad SMARTS) is 1. The fourth-order valence-corrected chi connectivity index (χ4v) is 2.96. The predicted octanol–water partition coefficient (Wildman–Crippen LogP) is -0.251. The zero-order chi connectivity index (χ0) is 15.0. The quantitative estimate of drug-likeness (QED) is 0.797. The minimum Gasteiger partial charge on any atom is -0.476 e. The molecule has 1 amide bonds. The molecule has 3 rings (SSSR count). The molecule has 0 radical (unpaired) electrons. The highest BCUT2D eigenvalue weighted by atomic mass is 16.4. The van der Waals surface area contributed by atoms with E-state index in [0.29, 0.717) is 13.1 Å². The molecule has 1 unspecified atom stereocenters. The van der Waals surface area contributed by atoms with Crippen LogP contribution in [0.15, 0.2) is 6.20 Å². The molecule has 0 spiro atoms. The van der Waals surface area contributed by atoms with Crippen molar-refractivity contribution in [2.45, 2.75) is 25.8 Å². The minimum atomic E-state index is -1.09. The monoisotopic (exact) mass is 293 g/mol. The Morgan fingerprint density at radius 1 is 1.48 bits per heavy atom. The summed E-state index contributed by atoms with van der Waals surface area (Å²) in [6, 6.07) is 0.0229. The van der Waals surface area contributed by atoms with Gasteiger partial charge in [0.15, 0.2) is 5.69 Å². The largest absolute Gasteiger partial charge is 0.476 e. The van der Waals surface area contributed by atoms with E-state index >= 15 is 0 Å². The van der Waals surface area contributed by atoms with Crippen LogP contribution >= 0.6 is 0 Å².